The van der Waals surface area contributed by atoms with Crippen molar-refractivity contribution in [1.82, 2.24) is 0 Å². The summed E-state index contributed by atoms with van der Waals surface area (Å²) in [5.41, 5.74) is 7.45. The summed E-state index contributed by atoms with van der Waals surface area (Å²) in [6, 6.07) is 15.4. The Labute approximate surface area is 126 Å². The lowest BCUT2D eigenvalue weighted by atomic mass is 9.91. The van der Waals surface area contributed by atoms with E-state index < -0.39 is 5.92 Å². The van der Waals surface area contributed by atoms with Gasteiger partial charge in [0.1, 0.15) is 5.75 Å². The fourth-order valence-corrected chi connectivity index (χ4v) is 2.53. The molecule has 1 atom stereocenters. The lowest BCUT2D eigenvalue weighted by Crippen LogP contribution is -2.23. The summed E-state index contributed by atoms with van der Waals surface area (Å²) in [4.78, 5) is 11.8. The van der Waals surface area contributed by atoms with Crippen molar-refractivity contribution in [3.63, 3.8) is 0 Å². The van der Waals surface area contributed by atoms with Crippen LogP contribution in [0.2, 0.25) is 0 Å². The highest BCUT2D eigenvalue weighted by Gasteiger charge is 2.22. The molecule has 1 unspecified atom stereocenters. The molecule has 4 heteroatoms. The van der Waals surface area contributed by atoms with E-state index >= 15 is 0 Å². The van der Waals surface area contributed by atoms with Gasteiger partial charge in [0.05, 0.1) is 13.0 Å². The van der Waals surface area contributed by atoms with Gasteiger partial charge in [-0.25, -0.2) is 0 Å². The molecule has 20 heavy (non-hydrogen) atoms. The topological polar surface area (TPSA) is 52.3 Å². The van der Waals surface area contributed by atoms with Crippen molar-refractivity contribution in [2.24, 2.45) is 5.73 Å². The molecule has 1 amide bonds. The largest absolute Gasteiger partial charge is 0.496 e. The Morgan fingerprint density at radius 3 is 2.55 bits per heavy atom. The van der Waals surface area contributed by atoms with Gasteiger partial charge in [-0.2, -0.15) is 0 Å². The van der Waals surface area contributed by atoms with Crippen LogP contribution in [0.1, 0.15) is 17.0 Å². The lowest BCUT2D eigenvalue weighted by Gasteiger charge is -2.17. The first-order valence-electron chi connectivity index (χ1n) is 6.28. The molecule has 3 nitrogen and oxygen atoms in total. The van der Waals surface area contributed by atoms with E-state index in [9.17, 15) is 4.79 Å². The number of amides is 1. The minimum Gasteiger partial charge on any atom is -0.496 e. The van der Waals surface area contributed by atoms with Gasteiger partial charge in [0.2, 0.25) is 5.91 Å². The second kappa shape index (κ2) is 6.57. The molecule has 0 bridgehead atoms. The third kappa shape index (κ3) is 3.39. The molecule has 2 aromatic carbocycles. The zero-order valence-corrected chi connectivity index (χ0v) is 12.8. The molecule has 0 saturated carbocycles. The Bertz CT molecular complexity index is 599. The number of carbonyl (C=O) groups excluding carboxylic acids is 1. The van der Waals surface area contributed by atoms with Crippen molar-refractivity contribution in [2.45, 2.75) is 12.3 Å². The number of hydrogen-bond acceptors (Lipinski definition) is 2. The molecule has 0 radical (unpaired) electrons. The van der Waals surface area contributed by atoms with Crippen molar-refractivity contribution in [1.29, 1.82) is 0 Å². The summed E-state index contributed by atoms with van der Waals surface area (Å²) in [5, 5.41) is 0. The molecular weight excluding hydrogens is 318 g/mol. The van der Waals surface area contributed by atoms with Gasteiger partial charge >= 0.3 is 0 Å². The highest BCUT2D eigenvalue weighted by molar-refractivity contribution is 9.10. The summed E-state index contributed by atoms with van der Waals surface area (Å²) >= 11 is 3.39. The van der Waals surface area contributed by atoms with Gasteiger partial charge in [-0.05, 0) is 24.1 Å². The van der Waals surface area contributed by atoms with Gasteiger partial charge in [-0.15, -0.1) is 0 Å². The number of halogens is 1. The predicted octanol–water partition coefficient (Wildman–Crippen LogP) is 3.27. The molecule has 0 aliphatic heterocycles. The number of primary amides is 1. The Balaban J connectivity index is 2.36. The summed E-state index contributed by atoms with van der Waals surface area (Å²) < 4.78 is 6.26. The first-order chi connectivity index (χ1) is 9.61. The molecule has 0 fully saturated rings. The van der Waals surface area contributed by atoms with E-state index in [-0.39, 0.29) is 5.91 Å². The van der Waals surface area contributed by atoms with E-state index in [4.69, 9.17) is 10.5 Å². The van der Waals surface area contributed by atoms with Crippen LogP contribution in [0.15, 0.2) is 53.0 Å². The van der Waals surface area contributed by atoms with Crippen LogP contribution in [0.25, 0.3) is 0 Å². The number of ether oxygens (including phenoxy) is 1. The van der Waals surface area contributed by atoms with Gasteiger partial charge < -0.3 is 10.5 Å². The van der Waals surface area contributed by atoms with Crippen molar-refractivity contribution < 1.29 is 9.53 Å². The maximum atomic E-state index is 11.8. The van der Waals surface area contributed by atoms with Crippen LogP contribution < -0.4 is 10.5 Å². The molecule has 2 aromatic rings. The van der Waals surface area contributed by atoms with Crippen LogP contribution in [0.3, 0.4) is 0 Å². The van der Waals surface area contributed by atoms with Crippen molar-refractivity contribution >= 4 is 21.8 Å². The normalized spacial score (nSPS) is 11.9. The van der Waals surface area contributed by atoms with E-state index in [0.29, 0.717) is 12.2 Å². The minimum atomic E-state index is -0.402. The highest BCUT2D eigenvalue weighted by Crippen LogP contribution is 2.31. The lowest BCUT2D eigenvalue weighted by molar-refractivity contribution is -0.119. The first kappa shape index (κ1) is 14.6. The molecule has 0 saturated heterocycles. The second-order valence-electron chi connectivity index (χ2n) is 4.53. The fraction of sp³-hybridized carbons (Fsp3) is 0.188. The Kier molecular flexibility index (Phi) is 4.79. The van der Waals surface area contributed by atoms with Gasteiger partial charge in [0.25, 0.3) is 0 Å². The maximum Gasteiger partial charge on any atom is 0.225 e. The number of rotatable bonds is 5. The van der Waals surface area contributed by atoms with E-state index in [1.807, 2.05) is 48.5 Å². The monoisotopic (exact) mass is 333 g/mol. The average Bonchev–Trinajstić information content (AvgIpc) is 2.46. The zero-order chi connectivity index (χ0) is 14.5. The van der Waals surface area contributed by atoms with E-state index in [2.05, 4.69) is 15.9 Å². The first-order valence-corrected chi connectivity index (χ1v) is 7.08. The molecule has 0 aliphatic carbocycles. The molecule has 0 spiro atoms. The third-order valence-electron chi connectivity index (χ3n) is 3.20. The van der Waals surface area contributed by atoms with Crippen LogP contribution in [-0.4, -0.2) is 13.0 Å². The summed E-state index contributed by atoms with van der Waals surface area (Å²) in [7, 11) is 1.59. The number of carbonyl (C=O) groups is 1. The Morgan fingerprint density at radius 1 is 1.25 bits per heavy atom. The van der Waals surface area contributed by atoms with Gasteiger partial charge in [-0.3, -0.25) is 4.79 Å². The summed E-state index contributed by atoms with van der Waals surface area (Å²) in [6.07, 6.45) is 0.564. The Hall–Kier alpha value is -1.81. The van der Waals surface area contributed by atoms with Gasteiger partial charge in [-0.1, -0.05) is 52.3 Å². The van der Waals surface area contributed by atoms with Crippen LogP contribution in [-0.2, 0) is 11.2 Å². The van der Waals surface area contributed by atoms with Crippen molar-refractivity contribution in [2.75, 3.05) is 7.11 Å². The second-order valence-corrected chi connectivity index (χ2v) is 5.45. The molecule has 0 aliphatic rings. The molecule has 2 N–H and O–H groups in total. The molecule has 2 rings (SSSR count). The predicted molar refractivity (Wildman–Crippen MR) is 82.8 cm³/mol. The quantitative estimate of drug-likeness (QED) is 0.912. The average molecular weight is 334 g/mol. The molecule has 104 valence electrons. The van der Waals surface area contributed by atoms with Crippen molar-refractivity contribution in [3.8, 4) is 5.75 Å². The highest BCUT2D eigenvalue weighted by atomic mass is 79.9. The molecular formula is C16H16BrNO2. The van der Waals surface area contributed by atoms with Crippen molar-refractivity contribution in [3.05, 3.63) is 64.1 Å². The SMILES string of the molecule is COc1cc(Br)ccc1C(Cc1ccccc1)C(N)=O. The molecule has 0 heterocycles. The van der Waals surface area contributed by atoms with Crippen LogP contribution >= 0.6 is 15.9 Å². The standard InChI is InChI=1S/C16H16BrNO2/c1-20-15-10-12(17)7-8-13(15)14(16(18)19)9-11-5-3-2-4-6-11/h2-8,10,14H,9H2,1H3,(H2,18,19). The van der Waals surface area contributed by atoms with Gasteiger partial charge in [0.15, 0.2) is 0 Å². The van der Waals surface area contributed by atoms with Crippen LogP contribution in [0.5, 0.6) is 5.75 Å². The number of hydrogen-bond donors (Lipinski definition) is 1. The summed E-state index contributed by atoms with van der Waals surface area (Å²) in [5.74, 6) is -0.0889. The van der Waals surface area contributed by atoms with E-state index in [1.54, 1.807) is 7.11 Å². The van der Waals surface area contributed by atoms with E-state index in [0.717, 1.165) is 15.6 Å². The van der Waals surface area contributed by atoms with E-state index in [1.165, 1.54) is 0 Å². The van der Waals surface area contributed by atoms with Crippen LogP contribution in [0, 0.1) is 0 Å². The number of benzene rings is 2. The maximum absolute atomic E-state index is 11.8. The fourth-order valence-electron chi connectivity index (χ4n) is 2.19. The number of nitrogens with two attached hydrogens (primary N) is 1. The third-order valence-corrected chi connectivity index (χ3v) is 3.69. The smallest absolute Gasteiger partial charge is 0.225 e. The zero-order valence-electron chi connectivity index (χ0n) is 11.2. The summed E-state index contributed by atoms with van der Waals surface area (Å²) in [6.45, 7) is 0. The Morgan fingerprint density at radius 2 is 1.95 bits per heavy atom. The number of methoxy groups -OCH3 is 1. The molecule has 0 aromatic heterocycles. The minimum absolute atomic E-state index is 0.352. The van der Waals surface area contributed by atoms with Gasteiger partial charge in [0, 0.05) is 10.0 Å². The van der Waals surface area contributed by atoms with Crippen LogP contribution in [0.4, 0.5) is 0 Å².